The number of aromatic nitrogens is 2. The van der Waals surface area contributed by atoms with E-state index in [0.717, 1.165) is 33.7 Å². The van der Waals surface area contributed by atoms with E-state index in [1.165, 1.54) is 34.1 Å². The fraction of sp³-hybridized carbons (Fsp3) is 0.833. The second kappa shape index (κ2) is 10.0. The summed E-state index contributed by atoms with van der Waals surface area (Å²) >= 11 is 4.06. The first-order valence-corrected chi connectivity index (χ1v) is 13.8. The third-order valence-corrected chi connectivity index (χ3v) is 15.0. The van der Waals surface area contributed by atoms with E-state index < -0.39 is 16.2 Å². The van der Waals surface area contributed by atoms with Gasteiger partial charge in [-0.1, -0.05) is 54.9 Å². The van der Waals surface area contributed by atoms with Gasteiger partial charge in [-0.2, -0.15) is 4.74 Å². The molecule has 0 amide bonds. The van der Waals surface area contributed by atoms with Gasteiger partial charge in [0.1, 0.15) is 0 Å². The molecule has 0 aliphatic rings. The van der Waals surface area contributed by atoms with Gasteiger partial charge < -0.3 is 4.52 Å². The molecular formula is C12H23N2O4PS3. The van der Waals surface area contributed by atoms with Crippen LogP contribution in [0.5, 0.6) is 0 Å². The SMILES string of the molecule is CCCSP(=O)(SCCC)SCn1c(=O)on(CCC)c1=O. The molecule has 0 aliphatic heterocycles. The zero-order valence-corrected chi connectivity index (χ0v) is 16.5. The maximum atomic E-state index is 12.9. The molecule has 1 heterocycles. The van der Waals surface area contributed by atoms with Crippen molar-refractivity contribution in [3.63, 3.8) is 0 Å². The van der Waals surface area contributed by atoms with Crippen molar-refractivity contribution in [1.29, 1.82) is 0 Å². The monoisotopic (exact) mass is 386 g/mol. The molecule has 1 rings (SSSR count). The van der Waals surface area contributed by atoms with Crippen LogP contribution in [0.15, 0.2) is 14.1 Å². The zero-order valence-electron chi connectivity index (χ0n) is 13.1. The molecule has 0 fully saturated rings. The van der Waals surface area contributed by atoms with Crippen molar-refractivity contribution in [3.8, 4) is 0 Å². The molecule has 0 aromatic carbocycles. The molecule has 6 nitrogen and oxygen atoms in total. The third-order valence-electron chi connectivity index (χ3n) is 2.53. The fourth-order valence-electron chi connectivity index (χ4n) is 1.49. The lowest BCUT2D eigenvalue weighted by Gasteiger charge is -2.15. The van der Waals surface area contributed by atoms with E-state index in [9.17, 15) is 14.2 Å². The van der Waals surface area contributed by atoms with Crippen LogP contribution in [0.2, 0.25) is 0 Å². The van der Waals surface area contributed by atoms with Crippen LogP contribution in [-0.2, 0) is 17.0 Å². The normalized spacial score (nSPS) is 12.0. The highest BCUT2D eigenvalue weighted by Crippen LogP contribution is 2.78. The predicted octanol–water partition coefficient (Wildman–Crippen LogP) is 4.10. The lowest BCUT2D eigenvalue weighted by atomic mass is 10.5. The average molecular weight is 387 g/mol. The van der Waals surface area contributed by atoms with Crippen molar-refractivity contribution < 1.29 is 9.09 Å². The van der Waals surface area contributed by atoms with Crippen molar-refractivity contribution in [2.75, 3.05) is 11.5 Å². The Morgan fingerprint density at radius 2 is 1.59 bits per heavy atom. The molecule has 0 saturated heterocycles. The quantitative estimate of drug-likeness (QED) is 0.530. The molecule has 0 bridgehead atoms. The van der Waals surface area contributed by atoms with Crippen molar-refractivity contribution >= 4 is 38.9 Å². The molecule has 0 N–H and O–H groups in total. The van der Waals surface area contributed by atoms with E-state index in [-0.39, 0.29) is 5.88 Å². The van der Waals surface area contributed by atoms with E-state index >= 15 is 0 Å². The highest BCUT2D eigenvalue weighted by molar-refractivity contribution is 9.14. The maximum absolute atomic E-state index is 12.9. The van der Waals surface area contributed by atoms with Gasteiger partial charge >= 0.3 is 11.4 Å². The zero-order chi connectivity index (χ0) is 16.6. The fourth-order valence-corrected chi connectivity index (χ4v) is 12.4. The summed E-state index contributed by atoms with van der Waals surface area (Å²) in [5.41, 5.74) is -0.466. The summed E-state index contributed by atoms with van der Waals surface area (Å²) in [7, 11) is 0. The Balaban J connectivity index is 2.82. The first-order valence-electron chi connectivity index (χ1n) is 7.32. The van der Waals surface area contributed by atoms with Crippen LogP contribution in [0.25, 0.3) is 0 Å². The van der Waals surface area contributed by atoms with Gasteiger partial charge in [-0.25, -0.2) is 14.2 Å². The molecule has 0 unspecified atom stereocenters. The minimum Gasteiger partial charge on any atom is -0.317 e. The van der Waals surface area contributed by atoms with Gasteiger partial charge in [-0.15, -0.1) is 0 Å². The van der Waals surface area contributed by atoms with Crippen LogP contribution in [0, 0.1) is 0 Å². The van der Waals surface area contributed by atoms with E-state index in [1.807, 2.05) is 20.8 Å². The lowest BCUT2D eigenvalue weighted by molar-refractivity contribution is 0.241. The van der Waals surface area contributed by atoms with Crippen molar-refractivity contribution in [2.24, 2.45) is 0 Å². The largest absolute Gasteiger partial charge is 0.443 e. The molecule has 0 spiro atoms. The summed E-state index contributed by atoms with van der Waals surface area (Å²) in [6, 6.07) is 0. The van der Waals surface area contributed by atoms with Crippen molar-refractivity contribution in [1.82, 2.24) is 9.31 Å². The third kappa shape index (κ3) is 5.91. The van der Waals surface area contributed by atoms with Crippen LogP contribution < -0.4 is 11.4 Å². The van der Waals surface area contributed by atoms with Crippen LogP contribution >= 0.6 is 38.9 Å². The Kier molecular flexibility index (Phi) is 9.12. The minimum atomic E-state index is -2.56. The van der Waals surface area contributed by atoms with E-state index in [2.05, 4.69) is 0 Å². The topological polar surface area (TPSA) is 74.2 Å². The van der Waals surface area contributed by atoms with E-state index in [1.54, 1.807) is 0 Å². The van der Waals surface area contributed by atoms with Gasteiger partial charge in [0.2, 0.25) is 4.75 Å². The number of nitrogens with zero attached hydrogens (tertiary/aromatic N) is 2. The van der Waals surface area contributed by atoms with Gasteiger partial charge in [0, 0.05) is 11.5 Å². The van der Waals surface area contributed by atoms with E-state index in [4.69, 9.17) is 4.52 Å². The molecule has 10 heteroatoms. The van der Waals surface area contributed by atoms with Gasteiger partial charge in [0.15, 0.2) is 0 Å². The summed E-state index contributed by atoms with van der Waals surface area (Å²) in [6.07, 6.45) is 2.59. The van der Waals surface area contributed by atoms with Gasteiger partial charge in [-0.3, -0.25) is 4.57 Å². The number of hydrogen-bond donors (Lipinski definition) is 0. The van der Waals surface area contributed by atoms with Gasteiger partial charge in [-0.05, 0) is 19.3 Å². The Morgan fingerprint density at radius 3 is 2.09 bits per heavy atom. The van der Waals surface area contributed by atoms with Crippen LogP contribution in [0.1, 0.15) is 40.0 Å². The molecule has 0 atom stereocenters. The molecule has 1 aromatic heterocycles. The molecule has 0 aliphatic carbocycles. The Hall–Kier alpha value is 0.0200. The second-order valence-corrected chi connectivity index (χ2v) is 16.3. The molecule has 1 aromatic rings. The number of rotatable bonds is 11. The average Bonchev–Trinajstić information content (AvgIpc) is 2.76. The Morgan fingerprint density at radius 1 is 1.00 bits per heavy atom. The van der Waals surface area contributed by atoms with Crippen LogP contribution in [0.4, 0.5) is 0 Å². The summed E-state index contributed by atoms with van der Waals surface area (Å²) in [5, 5.41) is 0. The summed E-state index contributed by atoms with van der Waals surface area (Å²) < 4.78 is 17.3. The second-order valence-electron chi connectivity index (χ2n) is 4.54. The molecular weight excluding hydrogens is 363 g/mol. The van der Waals surface area contributed by atoms with Crippen molar-refractivity contribution in [2.45, 2.75) is 52.5 Å². The van der Waals surface area contributed by atoms with Gasteiger partial charge in [0.25, 0.3) is 0 Å². The van der Waals surface area contributed by atoms with E-state index in [0.29, 0.717) is 13.0 Å². The summed E-state index contributed by atoms with van der Waals surface area (Å²) in [4.78, 5) is 23.8. The highest BCUT2D eigenvalue weighted by Gasteiger charge is 2.25. The molecule has 0 radical (unpaired) electrons. The highest BCUT2D eigenvalue weighted by atomic mass is 33.4. The van der Waals surface area contributed by atoms with Gasteiger partial charge in [0.05, 0.1) is 12.4 Å². The summed E-state index contributed by atoms with van der Waals surface area (Å²) in [5.74, 6) is 1.00. The summed E-state index contributed by atoms with van der Waals surface area (Å²) in [6.45, 7) is 6.35. The first kappa shape index (κ1) is 20.1. The van der Waals surface area contributed by atoms with Crippen molar-refractivity contribution in [3.05, 3.63) is 21.0 Å². The molecule has 22 heavy (non-hydrogen) atoms. The molecule has 0 saturated carbocycles. The lowest BCUT2D eigenvalue weighted by Crippen LogP contribution is -2.27. The maximum Gasteiger partial charge on any atom is 0.443 e. The molecule has 128 valence electrons. The number of aryl methyl sites for hydroxylation is 1. The van der Waals surface area contributed by atoms with Crippen LogP contribution in [-0.4, -0.2) is 20.8 Å². The standard InChI is InChI=1S/C12H23N2O4PS3/c1-4-7-14-11(15)13(12(16)18-14)10-22-19(17,20-8-5-2)21-9-6-3/h4-10H2,1-3H3. The van der Waals surface area contributed by atoms with Crippen LogP contribution in [0.3, 0.4) is 0 Å². The first-order chi connectivity index (χ1) is 10.5. The minimum absolute atomic E-state index is 0.0720. The Labute approximate surface area is 142 Å². The number of hydrogen-bond acceptors (Lipinski definition) is 7. The predicted molar refractivity (Wildman–Crippen MR) is 98.2 cm³/mol. The Bertz CT molecular complexity index is 598. The smallest absolute Gasteiger partial charge is 0.317 e.